The van der Waals surface area contributed by atoms with Crippen molar-refractivity contribution >= 4 is 10.9 Å². The highest BCUT2D eigenvalue weighted by Gasteiger charge is 2.19. The largest absolute Gasteiger partial charge is 0.507 e. The van der Waals surface area contributed by atoms with Crippen molar-refractivity contribution in [2.45, 2.75) is 0 Å². The molecule has 5 heteroatoms. The number of para-hydroxylation sites is 2. The Hall–Kier alpha value is -3.99. The van der Waals surface area contributed by atoms with Gasteiger partial charge in [0.15, 0.2) is 0 Å². The molecule has 3 N–H and O–H groups in total. The molecule has 0 spiro atoms. The molecule has 0 unspecified atom stereocenters. The molecule has 0 aliphatic carbocycles. The van der Waals surface area contributed by atoms with Gasteiger partial charge in [-0.1, -0.05) is 30.3 Å². The molecule has 29 heavy (non-hydrogen) atoms. The minimum Gasteiger partial charge on any atom is -0.507 e. The van der Waals surface area contributed by atoms with E-state index in [0.29, 0.717) is 11.4 Å². The molecule has 0 bridgehead atoms. The zero-order chi connectivity index (χ0) is 19.8. The Morgan fingerprint density at radius 3 is 2.41 bits per heavy atom. The Balaban J connectivity index is 1.74. The molecule has 5 rings (SSSR count). The number of fused-ring (bicyclic) bond motifs is 1. The number of rotatable bonds is 4. The summed E-state index contributed by atoms with van der Waals surface area (Å²) in [5, 5.41) is 11.4. The van der Waals surface area contributed by atoms with Gasteiger partial charge in [0.1, 0.15) is 17.3 Å². The summed E-state index contributed by atoms with van der Waals surface area (Å²) in [6.45, 7) is 0. The van der Waals surface area contributed by atoms with Crippen LogP contribution in [0.15, 0.2) is 79.0 Å². The van der Waals surface area contributed by atoms with Crippen molar-refractivity contribution in [1.29, 1.82) is 0 Å². The molecule has 0 radical (unpaired) electrons. The Morgan fingerprint density at radius 1 is 0.862 bits per heavy atom. The number of H-pyrrole nitrogens is 2. The summed E-state index contributed by atoms with van der Waals surface area (Å²) >= 11 is 0. The normalized spacial score (nSPS) is 11.1. The van der Waals surface area contributed by atoms with Crippen LogP contribution in [-0.4, -0.2) is 27.2 Å². The third kappa shape index (κ3) is 2.93. The van der Waals surface area contributed by atoms with Crippen LogP contribution >= 0.6 is 0 Å². The minimum absolute atomic E-state index is 0.188. The molecule has 0 fully saturated rings. The number of benzene rings is 3. The SMILES string of the molecule is COc1ccc(-c2nc(-c3ccccc3O)[nH]c2-c2c[nH]c3ccccc23)cc1. The molecule has 0 aliphatic heterocycles. The highest BCUT2D eigenvalue weighted by atomic mass is 16.5. The molecule has 3 aromatic carbocycles. The maximum Gasteiger partial charge on any atom is 0.142 e. The third-order valence-electron chi connectivity index (χ3n) is 5.09. The predicted octanol–water partition coefficient (Wildman–Crippen LogP) is 5.61. The summed E-state index contributed by atoms with van der Waals surface area (Å²) in [6, 6.07) is 23.2. The van der Waals surface area contributed by atoms with Crippen LogP contribution in [0.2, 0.25) is 0 Å². The number of methoxy groups -OCH3 is 1. The number of imidazole rings is 1. The zero-order valence-electron chi connectivity index (χ0n) is 15.8. The van der Waals surface area contributed by atoms with Crippen LogP contribution in [0.4, 0.5) is 0 Å². The van der Waals surface area contributed by atoms with E-state index in [9.17, 15) is 5.11 Å². The third-order valence-corrected chi connectivity index (χ3v) is 5.09. The highest BCUT2D eigenvalue weighted by molar-refractivity contribution is 5.98. The average molecular weight is 381 g/mol. The van der Waals surface area contributed by atoms with Gasteiger partial charge in [-0.2, -0.15) is 0 Å². The van der Waals surface area contributed by atoms with Gasteiger partial charge < -0.3 is 19.8 Å². The van der Waals surface area contributed by atoms with E-state index in [2.05, 4.69) is 16.0 Å². The molecule has 0 saturated heterocycles. The number of aromatic hydroxyl groups is 1. The monoisotopic (exact) mass is 381 g/mol. The van der Waals surface area contributed by atoms with E-state index in [1.54, 1.807) is 19.2 Å². The van der Waals surface area contributed by atoms with Gasteiger partial charge in [0, 0.05) is 28.2 Å². The lowest BCUT2D eigenvalue weighted by atomic mass is 10.0. The topological polar surface area (TPSA) is 73.9 Å². The molecule has 2 aromatic heterocycles. The summed E-state index contributed by atoms with van der Waals surface area (Å²) in [7, 11) is 1.65. The van der Waals surface area contributed by atoms with Crippen molar-refractivity contribution in [3.8, 4) is 45.4 Å². The van der Waals surface area contributed by atoms with E-state index in [1.807, 2.05) is 60.8 Å². The lowest BCUT2D eigenvalue weighted by molar-refractivity contribution is 0.415. The molecular weight excluding hydrogens is 362 g/mol. The minimum atomic E-state index is 0.188. The van der Waals surface area contributed by atoms with Gasteiger partial charge in [0.25, 0.3) is 0 Å². The maximum atomic E-state index is 10.3. The smallest absolute Gasteiger partial charge is 0.142 e. The van der Waals surface area contributed by atoms with Gasteiger partial charge in [-0.3, -0.25) is 0 Å². The maximum absolute atomic E-state index is 10.3. The van der Waals surface area contributed by atoms with E-state index in [4.69, 9.17) is 9.72 Å². The van der Waals surface area contributed by atoms with Gasteiger partial charge in [-0.15, -0.1) is 0 Å². The second-order valence-electron chi connectivity index (χ2n) is 6.80. The number of ether oxygens (including phenoxy) is 1. The first-order valence-corrected chi connectivity index (χ1v) is 9.34. The fraction of sp³-hybridized carbons (Fsp3) is 0.0417. The van der Waals surface area contributed by atoms with Crippen LogP contribution in [0.25, 0.3) is 44.8 Å². The number of nitrogens with one attached hydrogen (secondary N) is 2. The van der Waals surface area contributed by atoms with Crippen molar-refractivity contribution in [3.63, 3.8) is 0 Å². The van der Waals surface area contributed by atoms with Crippen molar-refractivity contribution < 1.29 is 9.84 Å². The molecular formula is C24H19N3O2. The molecule has 142 valence electrons. The zero-order valence-corrected chi connectivity index (χ0v) is 15.8. The van der Waals surface area contributed by atoms with E-state index in [0.717, 1.165) is 39.2 Å². The number of aromatic amines is 2. The van der Waals surface area contributed by atoms with Crippen molar-refractivity contribution in [3.05, 3.63) is 79.0 Å². The van der Waals surface area contributed by atoms with Crippen molar-refractivity contribution in [2.75, 3.05) is 7.11 Å². The van der Waals surface area contributed by atoms with Gasteiger partial charge in [0.05, 0.1) is 24.1 Å². The Labute approximate surface area is 167 Å². The van der Waals surface area contributed by atoms with Crippen LogP contribution in [0.3, 0.4) is 0 Å². The van der Waals surface area contributed by atoms with Crippen LogP contribution in [-0.2, 0) is 0 Å². The van der Waals surface area contributed by atoms with Gasteiger partial charge in [-0.05, 0) is 42.5 Å². The number of hydrogen-bond donors (Lipinski definition) is 3. The summed E-state index contributed by atoms with van der Waals surface area (Å²) < 4.78 is 5.29. The molecule has 5 aromatic rings. The van der Waals surface area contributed by atoms with E-state index in [-0.39, 0.29) is 5.75 Å². The van der Waals surface area contributed by atoms with Crippen molar-refractivity contribution in [1.82, 2.24) is 15.0 Å². The lowest BCUT2D eigenvalue weighted by Gasteiger charge is -2.04. The molecule has 0 saturated carbocycles. The van der Waals surface area contributed by atoms with Crippen LogP contribution in [0.5, 0.6) is 11.5 Å². The number of nitrogens with zero attached hydrogens (tertiary/aromatic N) is 1. The summed E-state index contributed by atoms with van der Waals surface area (Å²) in [6.07, 6.45) is 1.99. The lowest BCUT2D eigenvalue weighted by Crippen LogP contribution is -1.85. The van der Waals surface area contributed by atoms with E-state index in [1.165, 1.54) is 0 Å². The number of hydrogen-bond acceptors (Lipinski definition) is 3. The fourth-order valence-electron chi connectivity index (χ4n) is 3.61. The number of phenols is 1. The average Bonchev–Trinajstić information content (AvgIpc) is 3.38. The summed E-state index contributed by atoms with van der Waals surface area (Å²) in [4.78, 5) is 11.6. The Morgan fingerprint density at radius 2 is 1.62 bits per heavy atom. The van der Waals surface area contributed by atoms with Crippen LogP contribution in [0, 0.1) is 0 Å². The first-order valence-electron chi connectivity index (χ1n) is 9.34. The number of phenolic OH excluding ortho intramolecular Hbond substituents is 1. The van der Waals surface area contributed by atoms with E-state index < -0.39 is 0 Å². The van der Waals surface area contributed by atoms with Crippen molar-refractivity contribution in [2.24, 2.45) is 0 Å². The first-order chi connectivity index (χ1) is 14.2. The Bertz CT molecular complexity index is 1300. The first kappa shape index (κ1) is 17.1. The highest BCUT2D eigenvalue weighted by Crippen LogP contribution is 2.38. The summed E-state index contributed by atoms with van der Waals surface area (Å²) in [5.74, 6) is 1.60. The second-order valence-corrected chi connectivity index (χ2v) is 6.80. The van der Waals surface area contributed by atoms with Crippen LogP contribution < -0.4 is 4.74 Å². The summed E-state index contributed by atoms with van der Waals surface area (Å²) in [5.41, 5.74) is 5.42. The predicted molar refractivity (Wildman–Crippen MR) is 115 cm³/mol. The Kier molecular flexibility index (Phi) is 4.06. The second kappa shape index (κ2) is 6.87. The fourth-order valence-corrected chi connectivity index (χ4v) is 3.61. The van der Waals surface area contributed by atoms with Gasteiger partial charge in [0.2, 0.25) is 0 Å². The molecule has 0 aliphatic rings. The van der Waals surface area contributed by atoms with Gasteiger partial charge in [-0.25, -0.2) is 4.98 Å². The van der Waals surface area contributed by atoms with Gasteiger partial charge >= 0.3 is 0 Å². The number of aromatic nitrogens is 3. The van der Waals surface area contributed by atoms with Crippen LogP contribution in [0.1, 0.15) is 0 Å². The quantitative estimate of drug-likeness (QED) is 0.379. The van der Waals surface area contributed by atoms with E-state index >= 15 is 0 Å². The molecule has 5 nitrogen and oxygen atoms in total. The standard InChI is InChI=1S/C24H19N3O2/c1-29-16-12-10-15(11-13-16)22-23(19-14-25-20-8-4-2-6-17(19)20)27-24(26-22)18-7-3-5-9-21(18)28/h2-14,25,28H,1H3,(H,26,27). The molecule has 2 heterocycles. The molecule has 0 atom stereocenters. The molecule has 0 amide bonds.